The van der Waals surface area contributed by atoms with Gasteiger partial charge in [-0.3, -0.25) is 14.7 Å². The van der Waals surface area contributed by atoms with E-state index in [1.807, 2.05) is 30.3 Å². The first kappa shape index (κ1) is 18.8. The van der Waals surface area contributed by atoms with E-state index in [9.17, 15) is 14.4 Å². The molecule has 0 aliphatic carbocycles. The zero-order chi connectivity index (χ0) is 19.9. The smallest absolute Gasteiger partial charge is 0.412 e. The highest BCUT2D eigenvalue weighted by Crippen LogP contribution is 2.09. The number of amides is 1. The molecule has 1 amide bonds. The Labute approximate surface area is 160 Å². The lowest BCUT2D eigenvalue weighted by atomic mass is 10.2. The van der Waals surface area contributed by atoms with E-state index in [4.69, 9.17) is 4.74 Å². The van der Waals surface area contributed by atoms with Crippen LogP contribution in [-0.2, 0) is 16.1 Å². The minimum Gasteiger partial charge on any atom is -0.465 e. The molecule has 0 saturated heterocycles. The van der Waals surface area contributed by atoms with Gasteiger partial charge in [-0.25, -0.2) is 14.6 Å². The van der Waals surface area contributed by atoms with Crippen LogP contribution in [0.25, 0.3) is 5.82 Å². The second-order valence-corrected chi connectivity index (χ2v) is 5.68. The molecule has 0 atom stereocenters. The zero-order valence-electron chi connectivity index (χ0n) is 15.0. The van der Waals surface area contributed by atoms with E-state index in [0.29, 0.717) is 0 Å². The minimum absolute atomic E-state index is 0.0193. The number of nitrogens with zero attached hydrogens (tertiary/aromatic N) is 2. The van der Waals surface area contributed by atoms with Crippen LogP contribution >= 0.6 is 0 Å². The molecular formula is C20H17N3O5. The first-order valence-corrected chi connectivity index (χ1v) is 8.32. The molecule has 0 radical (unpaired) electrons. The van der Waals surface area contributed by atoms with Crippen LogP contribution in [0.15, 0.2) is 71.8 Å². The van der Waals surface area contributed by atoms with Gasteiger partial charge in [0, 0.05) is 12.4 Å². The molecule has 0 saturated carbocycles. The van der Waals surface area contributed by atoms with Crippen LogP contribution in [0.1, 0.15) is 15.9 Å². The Kier molecular flexibility index (Phi) is 5.81. The third-order valence-electron chi connectivity index (χ3n) is 3.81. The monoisotopic (exact) mass is 379 g/mol. The molecule has 0 aliphatic rings. The second-order valence-electron chi connectivity index (χ2n) is 5.68. The molecule has 1 aromatic carbocycles. The summed E-state index contributed by atoms with van der Waals surface area (Å²) < 4.78 is 11.0. The number of nitrogens with one attached hydrogen (secondary N) is 1. The van der Waals surface area contributed by atoms with Crippen LogP contribution in [0, 0.1) is 0 Å². The van der Waals surface area contributed by atoms with Gasteiger partial charge in [-0.1, -0.05) is 30.3 Å². The molecule has 3 aromatic rings. The van der Waals surface area contributed by atoms with E-state index in [1.165, 1.54) is 42.3 Å². The molecule has 142 valence electrons. The number of pyridine rings is 2. The number of hydrogen-bond acceptors (Lipinski definition) is 6. The zero-order valence-corrected chi connectivity index (χ0v) is 15.0. The van der Waals surface area contributed by atoms with E-state index < -0.39 is 17.6 Å². The van der Waals surface area contributed by atoms with Crippen LogP contribution in [-0.4, -0.2) is 28.7 Å². The fraction of sp³-hybridized carbons (Fsp3) is 0.100. The number of ether oxygens (including phenoxy) is 2. The van der Waals surface area contributed by atoms with Gasteiger partial charge in [-0.2, -0.15) is 0 Å². The molecule has 3 rings (SSSR count). The Morgan fingerprint density at radius 3 is 2.64 bits per heavy atom. The third kappa shape index (κ3) is 4.42. The van der Waals surface area contributed by atoms with Gasteiger partial charge in [-0.05, 0) is 29.8 Å². The lowest BCUT2D eigenvalue weighted by Gasteiger charge is -2.10. The van der Waals surface area contributed by atoms with Crippen molar-refractivity contribution in [1.82, 2.24) is 9.55 Å². The summed E-state index contributed by atoms with van der Waals surface area (Å²) in [6.07, 6.45) is 2.11. The predicted molar refractivity (Wildman–Crippen MR) is 101 cm³/mol. The van der Waals surface area contributed by atoms with Crippen LogP contribution in [0.5, 0.6) is 0 Å². The third-order valence-corrected chi connectivity index (χ3v) is 3.81. The molecule has 8 heteroatoms. The molecule has 2 heterocycles. The number of rotatable bonds is 5. The maximum atomic E-state index is 12.7. The summed E-state index contributed by atoms with van der Waals surface area (Å²) in [6, 6.07) is 15.1. The summed E-state index contributed by atoms with van der Waals surface area (Å²) in [5.41, 5.74) is 0.575. The number of methoxy groups -OCH3 is 1. The number of esters is 1. The average molecular weight is 379 g/mol. The quantitative estimate of drug-likeness (QED) is 0.685. The van der Waals surface area contributed by atoms with Gasteiger partial charge in [0.2, 0.25) is 0 Å². The standard InChI is InChI=1S/C20H17N3O5/c1-27-19(25)15-9-10-21-17(12-15)23-11-5-8-16(18(23)24)22-20(26)28-13-14-6-3-2-4-7-14/h2-12H,13H2,1H3,(H,22,26). The summed E-state index contributed by atoms with van der Waals surface area (Å²) >= 11 is 0. The molecule has 0 aliphatic heterocycles. The van der Waals surface area contributed by atoms with Crippen LogP contribution in [0.4, 0.5) is 10.5 Å². The molecule has 1 N–H and O–H groups in total. The molecule has 2 aromatic heterocycles. The molecule has 28 heavy (non-hydrogen) atoms. The molecule has 0 unspecified atom stereocenters. The van der Waals surface area contributed by atoms with E-state index in [2.05, 4.69) is 15.0 Å². The topological polar surface area (TPSA) is 99.5 Å². The van der Waals surface area contributed by atoms with E-state index in [0.717, 1.165) is 5.56 Å². The van der Waals surface area contributed by atoms with Crippen molar-refractivity contribution in [1.29, 1.82) is 0 Å². The average Bonchev–Trinajstić information content (AvgIpc) is 2.74. The summed E-state index contributed by atoms with van der Waals surface area (Å²) in [7, 11) is 1.26. The fourth-order valence-electron chi connectivity index (χ4n) is 2.43. The number of aromatic nitrogens is 2. The normalized spacial score (nSPS) is 10.2. The maximum absolute atomic E-state index is 12.7. The Morgan fingerprint density at radius 1 is 1.11 bits per heavy atom. The highest BCUT2D eigenvalue weighted by atomic mass is 16.5. The van der Waals surface area contributed by atoms with Gasteiger partial charge in [0.1, 0.15) is 18.1 Å². The first-order chi connectivity index (χ1) is 13.6. The Bertz CT molecular complexity index is 1050. The van der Waals surface area contributed by atoms with Crippen LogP contribution < -0.4 is 10.9 Å². The Balaban J connectivity index is 1.77. The second kappa shape index (κ2) is 8.63. The first-order valence-electron chi connectivity index (χ1n) is 8.32. The lowest BCUT2D eigenvalue weighted by Crippen LogP contribution is -2.25. The molecular weight excluding hydrogens is 362 g/mol. The Hall–Kier alpha value is -3.94. The van der Waals surface area contributed by atoms with Crippen molar-refractivity contribution < 1.29 is 19.1 Å². The summed E-state index contributed by atoms with van der Waals surface area (Å²) in [5, 5.41) is 2.43. The molecule has 8 nitrogen and oxygen atoms in total. The molecule has 0 spiro atoms. The van der Waals surface area contributed by atoms with Gasteiger partial charge in [-0.15, -0.1) is 0 Å². The largest absolute Gasteiger partial charge is 0.465 e. The lowest BCUT2D eigenvalue weighted by molar-refractivity contribution is 0.0600. The van der Waals surface area contributed by atoms with Crippen molar-refractivity contribution >= 4 is 17.7 Å². The number of carbonyl (C=O) groups is 2. The SMILES string of the molecule is COC(=O)c1ccnc(-n2cccc(NC(=O)OCc3ccccc3)c2=O)c1. The van der Waals surface area contributed by atoms with Crippen molar-refractivity contribution in [3.05, 3.63) is 88.5 Å². The van der Waals surface area contributed by atoms with Crippen molar-refractivity contribution in [2.75, 3.05) is 12.4 Å². The number of carbonyl (C=O) groups excluding carboxylic acids is 2. The van der Waals surface area contributed by atoms with E-state index in [1.54, 1.807) is 6.07 Å². The number of anilines is 1. The Morgan fingerprint density at radius 2 is 1.89 bits per heavy atom. The predicted octanol–water partition coefficient (Wildman–Crippen LogP) is 2.77. The van der Waals surface area contributed by atoms with Crippen molar-refractivity contribution in [2.24, 2.45) is 0 Å². The maximum Gasteiger partial charge on any atom is 0.412 e. The van der Waals surface area contributed by atoms with E-state index >= 15 is 0 Å². The van der Waals surface area contributed by atoms with Gasteiger partial charge in [0.15, 0.2) is 0 Å². The van der Waals surface area contributed by atoms with Crippen LogP contribution in [0.3, 0.4) is 0 Å². The summed E-state index contributed by atoms with van der Waals surface area (Å²) in [6.45, 7) is 0.0798. The highest BCUT2D eigenvalue weighted by molar-refractivity contribution is 5.89. The summed E-state index contributed by atoms with van der Waals surface area (Å²) in [5.74, 6) is -0.329. The number of benzene rings is 1. The van der Waals surface area contributed by atoms with E-state index in [-0.39, 0.29) is 23.7 Å². The van der Waals surface area contributed by atoms with Crippen molar-refractivity contribution in [2.45, 2.75) is 6.61 Å². The fourth-order valence-corrected chi connectivity index (χ4v) is 2.43. The molecule has 0 fully saturated rings. The van der Waals surface area contributed by atoms with Gasteiger partial charge < -0.3 is 9.47 Å². The van der Waals surface area contributed by atoms with Gasteiger partial charge >= 0.3 is 12.1 Å². The van der Waals surface area contributed by atoms with Crippen LogP contribution in [0.2, 0.25) is 0 Å². The van der Waals surface area contributed by atoms with Gasteiger partial charge in [0.05, 0.1) is 12.7 Å². The highest BCUT2D eigenvalue weighted by Gasteiger charge is 2.12. The summed E-state index contributed by atoms with van der Waals surface area (Å²) in [4.78, 5) is 40.4. The minimum atomic E-state index is -0.755. The number of hydrogen-bond donors (Lipinski definition) is 1. The van der Waals surface area contributed by atoms with Crippen molar-refractivity contribution in [3.8, 4) is 5.82 Å². The van der Waals surface area contributed by atoms with Gasteiger partial charge in [0.25, 0.3) is 5.56 Å². The molecule has 0 bridgehead atoms. The van der Waals surface area contributed by atoms with Crippen molar-refractivity contribution in [3.63, 3.8) is 0 Å².